The molecule has 0 bridgehead atoms. The SMILES string of the molecule is CCOC(=O)C1=NN(c2ccc([N+](=O)[O-])cc2)[C@@H](c2ccccc2)CC1=O. The smallest absolute Gasteiger partial charge is 0.362 e. The maximum atomic E-state index is 12.5. The van der Waals surface area contributed by atoms with Crippen molar-refractivity contribution in [2.45, 2.75) is 19.4 Å². The number of ketones is 1. The van der Waals surface area contributed by atoms with Gasteiger partial charge in [-0.15, -0.1) is 0 Å². The second kappa shape index (κ2) is 7.77. The molecule has 0 unspecified atom stereocenters. The summed E-state index contributed by atoms with van der Waals surface area (Å²) in [5.41, 5.74) is 1.04. The van der Waals surface area contributed by atoms with Crippen LogP contribution in [0.4, 0.5) is 11.4 Å². The summed E-state index contributed by atoms with van der Waals surface area (Å²) in [4.78, 5) is 34.9. The largest absolute Gasteiger partial charge is 0.461 e. The van der Waals surface area contributed by atoms with Crippen LogP contribution in [-0.2, 0) is 14.3 Å². The van der Waals surface area contributed by atoms with Crippen LogP contribution in [0.2, 0.25) is 0 Å². The van der Waals surface area contributed by atoms with E-state index in [0.717, 1.165) is 5.56 Å². The molecule has 8 nitrogen and oxygen atoms in total. The van der Waals surface area contributed by atoms with Crippen LogP contribution in [0.5, 0.6) is 0 Å². The van der Waals surface area contributed by atoms with Crippen molar-refractivity contribution in [3.05, 3.63) is 70.3 Å². The number of carbonyl (C=O) groups is 2. The molecular weight excluding hydrogens is 350 g/mol. The van der Waals surface area contributed by atoms with Gasteiger partial charge in [0.2, 0.25) is 5.71 Å². The fraction of sp³-hybridized carbons (Fsp3) is 0.211. The summed E-state index contributed by atoms with van der Waals surface area (Å²) in [6, 6.07) is 14.6. The Morgan fingerprint density at radius 3 is 2.48 bits per heavy atom. The number of benzene rings is 2. The summed E-state index contributed by atoms with van der Waals surface area (Å²) in [5, 5.41) is 16.7. The van der Waals surface area contributed by atoms with Crippen LogP contribution in [0.1, 0.15) is 24.9 Å². The van der Waals surface area contributed by atoms with Crippen LogP contribution in [-0.4, -0.2) is 29.0 Å². The number of hydrogen-bond acceptors (Lipinski definition) is 7. The van der Waals surface area contributed by atoms with Crippen LogP contribution in [0.25, 0.3) is 0 Å². The molecule has 3 rings (SSSR count). The molecule has 0 saturated carbocycles. The Bertz CT molecular complexity index is 893. The number of nitro benzene ring substituents is 1. The van der Waals surface area contributed by atoms with E-state index in [1.54, 1.807) is 6.92 Å². The predicted octanol–water partition coefficient (Wildman–Crippen LogP) is 3.03. The maximum Gasteiger partial charge on any atom is 0.362 e. The van der Waals surface area contributed by atoms with Crippen LogP contribution in [0, 0.1) is 10.1 Å². The van der Waals surface area contributed by atoms with Crippen molar-refractivity contribution in [1.29, 1.82) is 0 Å². The standard InChI is InChI=1S/C19H17N3O5/c1-2-27-19(24)18-17(23)12-16(13-6-4-3-5-7-13)21(20-18)14-8-10-15(11-9-14)22(25)26/h3-11,16H,2,12H2,1H3/t16-/m1/s1. The van der Waals surface area contributed by atoms with Gasteiger partial charge in [0.15, 0.2) is 5.78 Å². The molecule has 1 heterocycles. The van der Waals surface area contributed by atoms with E-state index in [4.69, 9.17) is 4.74 Å². The minimum atomic E-state index is -0.777. The third-order valence-electron chi connectivity index (χ3n) is 4.12. The molecule has 0 fully saturated rings. The number of nitro groups is 1. The van der Waals surface area contributed by atoms with Crippen molar-refractivity contribution in [3.8, 4) is 0 Å². The zero-order valence-corrected chi connectivity index (χ0v) is 14.6. The summed E-state index contributed by atoms with van der Waals surface area (Å²) in [7, 11) is 0. The maximum absolute atomic E-state index is 12.5. The molecule has 1 atom stereocenters. The number of esters is 1. The van der Waals surface area contributed by atoms with E-state index in [1.807, 2.05) is 30.3 Å². The molecule has 2 aromatic carbocycles. The van der Waals surface area contributed by atoms with Crippen molar-refractivity contribution in [1.82, 2.24) is 0 Å². The van der Waals surface area contributed by atoms with Crippen LogP contribution >= 0.6 is 0 Å². The number of rotatable bonds is 5. The first kappa shape index (κ1) is 18.2. The summed E-state index contributed by atoms with van der Waals surface area (Å²) >= 11 is 0. The first-order valence-electron chi connectivity index (χ1n) is 8.38. The van der Waals surface area contributed by atoms with Gasteiger partial charge in [-0.2, -0.15) is 5.10 Å². The number of nitrogens with zero attached hydrogens (tertiary/aromatic N) is 3. The highest BCUT2D eigenvalue weighted by molar-refractivity contribution is 6.64. The molecule has 1 aliphatic heterocycles. The van der Waals surface area contributed by atoms with Crippen molar-refractivity contribution in [3.63, 3.8) is 0 Å². The monoisotopic (exact) mass is 367 g/mol. The van der Waals surface area contributed by atoms with Crippen LogP contribution in [0.15, 0.2) is 59.7 Å². The number of hydrogen-bond donors (Lipinski definition) is 0. The second-order valence-electron chi connectivity index (χ2n) is 5.84. The minimum Gasteiger partial charge on any atom is -0.461 e. The highest BCUT2D eigenvalue weighted by Crippen LogP contribution is 2.34. The average molecular weight is 367 g/mol. The Hall–Kier alpha value is -3.55. The fourth-order valence-corrected chi connectivity index (χ4v) is 2.85. The van der Waals surface area contributed by atoms with Gasteiger partial charge < -0.3 is 4.74 Å². The highest BCUT2D eigenvalue weighted by atomic mass is 16.6. The van der Waals surface area contributed by atoms with Gasteiger partial charge >= 0.3 is 5.97 Å². The average Bonchev–Trinajstić information content (AvgIpc) is 2.68. The number of non-ortho nitro benzene ring substituents is 1. The molecule has 0 saturated heterocycles. The third-order valence-corrected chi connectivity index (χ3v) is 4.12. The normalized spacial score (nSPS) is 16.6. The number of anilines is 1. The van der Waals surface area contributed by atoms with Gasteiger partial charge in [-0.1, -0.05) is 30.3 Å². The molecule has 0 aliphatic carbocycles. The Labute approximate surface area is 155 Å². The molecule has 1 aliphatic rings. The van der Waals surface area contributed by atoms with Gasteiger partial charge in [-0.05, 0) is 24.6 Å². The van der Waals surface area contributed by atoms with Crippen molar-refractivity contribution < 1.29 is 19.2 Å². The lowest BCUT2D eigenvalue weighted by atomic mass is 9.96. The first-order chi connectivity index (χ1) is 13.0. The lowest BCUT2D eigenvalue weighted by Gasteiger charge is -2.33. The van der Waals surface area contributed by atoms with Crippen LogP contribution < -0.4 is 5.01 Å². The predicted molar refractivity (Wildman–Crippen MR) is 98.5 cm³/mol. The molecule has 0 N–H and O–H groups in total. The topological polar surface area (TPSA) is 102 Å². The van der Waals surface area contributed by atoms with E-state index < -0.39 is 22.7 Å². The highest BCUT2D eigenvalue weighted by Gasteiger charge is 2.35. The van der Waals surface area contributed by atoms with E-state index in [1.165, 1.54) is 29.3 Å². The number of Topliss-reactive ketones (excluding diaryl/α,β-unsaturated/α-hetero) is 1. The molecule has 8 heteroatoms. The van der Waals surface area contributed by atoms with E-state index >= 15 is 0 Å². The number of hydrazone groups is 1. The lowest BCUT2D eigenvalue weighted by molar-refractivity contribution is -0.384. The molecule has 0 radical (unpaired) electrons. The van der Waals surface area contributed by atoms with E-state index in [-0.39, 0.29) is 24.4 Å². The molecular formula is C19H17N3O5. The quantitative estimate of drug-likeness (QED) is 0.457. The third kappa shape index (κ3) is 3.84. The van der Waals surface area contributed by atoms with Crippen molar-refractivity contribution >= 4 is 28.8 Å². The van der Waals surface area contributed by atoms with E-state index in [9.17, 15) is 19.7 Å². The Kier molecular flexibility index (Phi) is 5.25. The lowest BCUT2D eigenvalue weighted by Crippen LogP contribution is -2.39. The second-order valence-corrected chi connectivity index (χ2v) is 5.84. The van der Waals surface area contributed by atoms with Gasteiger partial charge in [0.05, 0.1) is 23.3 Å². The van der Waals surface area contributed by atoms with Gasteiger partial charge in [-0.3, -0.25) is 19.9 Å². The number of ether oxygens (including phenoxy) is 1. The van der Waals surface area contributed by atoms with Crippen molar-refractivity contribution in [2.24, 2.45) is 5.10 Å². The first-order valence-corrected chi connectivity index (χ1v) is 8.38. The fourth-order valence-electron chi connectivity index (χ4n) is 2.85. The molecule has 0 amide bonds. The van der Waals surface area contributed by atoms with Gasteiger partial charge in [0.1, 0.15) is 0 Å². The number of carbonyl (C=O) groups excluding carboxylic acids is 2. The summed E-state index contributed by atoms with van der Waals surface area (Å²) < 4.78 is 4.92. The van der Waals surface area contributed by atoms with Gasteiger partial charge in [0, 0.05) is 18.6 Å². The zero-order chi connectivity index (χ0) is 19.4. The minimum absolute atomic E-state index is 0.0403. The molecule has 0 spiro atoms. The molecule has 27 heavy (non-hydrogen) atoms. The van der Waals surface area contributed by atoms with Gasteiger partial charge in [-0.25, -0.2) is 4.79 Å². The Morgan fingerprint density at radius 1 is 1.22 bits per heavy atom. The molecule has 0 aromatic heterocycles. The Morgan fingerprint density at radius 2 is 1.89 bits per heavy atom. The zero-order valence-electron chi connectivity index (χ0n) is 14.6. The summed E-state index contributed by atoms with van der Waals surface area (Å²) in [6.45, 7) is 1.78. The summed E-state index contributed by atoms with van der Waals surface area (Å²) in [5.74, 6) is -1.18. The van der Waals surface area contributed by atoms with E-state index in [0.29, 0.717) is 5.69 Å². The summed E-state index contributed by atoms with van der Waals surface area (Å²) in [6.07, 6.45) is 0.0403. The molecule has 2 aromatic rings. The van der Waals surface area contributed by atoms with Crippen molar-refractivity contribution in [2.75, 3.05) is 11.6 Å². The molecule has 138 valence electrons. The van der Waals surface area contributed by atoms with E-state index in [2.05, 4.69) is 5.10 Å². The van der Waals surface area contributed by atoms with Crippen LogP contribution in [0.3, 0.4) is 0 Å². The Balaban J connectivity index is 2.05. The van der Waals surface area contributed by atoms with Gasteiger partial charge in [0.25, 0.3) is 5.69 Å².